The number of phenols is 1. The number of hydrogen-bond acceptors (Lipinski definition) is 3. The number of phenolic OH excluding ortho intramolecular Hbond substituents is 1. The Kier molecular flexibility index (Phi) is 1.40. The molecule has 0 atom stereocenters. The lowest BCUT2D eigenvalue weighted by molar-refractivity contribution is 0.376. The van der Waals surface area contributed by atoms with Gasteiger partial charge in [-0.1, -0.05) is 0 Å². The molecule has 0 fully saturated rings. The van der Waals surface area contributed by atoms with Gasteiger partial charge in [0.25, 0.3) is 0 Å². The SMILES string of the molecule is COc1ccc2[nH]cnc2c1O. The summed E-state index contributed by atoms with van der Waals surface area (Å²) in [6, 6.07) is 3.50. The van der Waals surface area contributed by atoms with Gasteiger partial charge in [-0.3, -0.25) is 0 Å². The highest BCUT2D eigenvalue weighted by atomic mass is 16.5. The molecule has 0 radical (unpaired) electrons. The van der Waals surface area contributed by atoms with Crippen molar-refractivity contribution < 1.29 is 9.84 Å². The molecule has 12 heavy (non-hydrogen) atoms. The third-order valence-corrected chi connectivity index (χ3v) is 1.75. The number of methoxy groups -OCH3 is 1. The summed E-state index contributed by atoms with van der Waals surface area (Å²) in [5.74, 6) is 0.519. The van der Waals surface area contributed by atoms with E-state index >= 15 is 0 Å². The Morgan fingerprint density at radius 2 is 2.33 bits per heavy atom. The molecule has 2 aromatic rings. The molecule has 2 rings (SSSR count). The molecule has 0 aliphatic heterocycles. The number of ether oxygens (including phenoxy) is 1. The van der Waals surface area contributed by atoms with Crippen LogP contribution in [0.5, 0.6) is 11.5 Å². The summed E-state index contributed by atoms with van der Waals surface area (Å²) in [6.07, 6.45) is 1.53. The van der Waals surface area contributed by atoms with Crippen LogP contribution in [-0.2, 0) is 0 Å². The predicted molar refractivity (Wildman–Crippen MR) is 44.3 cm³/mol. The van der Waals surface area contributed by atoms with Gasteiger partial charge in [0.15, 0.2) is 11.5 Å². The molecule has 4 nitrogen and oxygen atoms in total. The minimum absolute atomic E-state index is 0.0799. The Morgan fingerprint density at radius 1 is 1.50 bits per heavy atom. The topological polar surface area (TPSA) is 58.1 Å². The van der Waals surface area contributed by atoms with Crippen LogP contribution in [-0.4, -0.2) is 22.2 Å². The Morgan fingerprint density at radius 3 is 3.08 bits per heavy atom. The summed E-state index contributed by atoms with van der Waals surface area (Å²) in [4.78, 5) is 6.83. The molecule has 0 aliphatic carbocycles. The van der Waals surface area contributed by atoms with Gasteiger partial charge in [-0.05, 0) is 12.1 Å². The minimum Gasteiger partial charge on any atom is -0.503 e. The lowest BCUT2D eigenvalue weighted by atomic mass is 10.3. The highest BCUT2D eigenvalue weighted by Gasteiger charge is 2.07. The molecule has 62 valence electrons. The van der Waals surface area contributed by atoms with E-state index in [0.717, 1.165) is 5.52 Å². The molecule has 0 saturated carbocycles. The Balaban J connectivity index is 2.78. The second-order valence-corrected chi connectivity index (χ2v) is 2.42. The Hall–Kier alpha value is -1.71. The van der Waals surface area contributed by atoms with Crippen molar-refractivity contribution in [1.29, 1.82) is 0 Å². The molecule has 0 bridgehead atoms. The van der Waals surface area contributed by atoms with Crippen molar-refractivity contribution >= 4 is 11.0 Å². The van der Waals surface area contributed by atoms with E-state index in [-0.39, 0.29) is 5.75 Å². The average molecular weight is 164 g/mol. The summed E-state index contributed by atoms with van der Waals surface area (Å²) < 4.78 is 4.92. The molecule has 0 unspecified atom stereocenters. The van der Waals surface area contributed by atoms with Crippen LogP contribution >= 0.6 is 0 Å². The first kappa shape index (κ1) is 6.97. The number of benzene rings is 1. The molecule has 1 heterocycles. The second kappa shape index (κ2) is 2.41. The third-order valence-electron chi connectivity index (χ3n) is 1.75. The van der Waals surface area contributed by atoms with Crippen molar-refractivity contribution in [3.8, 4) is 11.5 Å². The third kappa shape index (κ3) is 0.812. The molecule has 4 heteroatoms. The standard InChI is InChI=1S/C8H8N2O2/c1-12-6-3-2-5-7(8(6)11)10-4-9-5/h2-4,11H,1H3,(H,9,10). The maximum atomic E-state index is 9.53. The van der Waals surface area contributed by atoms with Gasteiger partial charge in [0.1, 0.15) is 5.52 Å². The number of nitrogens with one attached hydrogen (secondary N) is 1. The number of aromatic hydroxyl groups is 1. The summed E-state index contributed by atoms with van der Waals surface area (Å²) in [5.41, 5.74) is 1.34. The van der Waals surface area contributed by atoms with E-state index in [9.17, 15) is 5.11 Å². The molecule has 1 aromatic carbocycles. The van der Waals surface area contributed by atoms with Gasteiger partial charge in [-0.15, -0.1) is 0 Å². The van der Waals surface area contributed by atoms with Gasteiger partial charge in [-0.2, -0.15) is 0 Å². The summed E-state index contributed by atoms with van der Waals surface area (Å²) in [5, 5.41) is 9.53. The zero-order valence-electron chi connectivity index (χ0n) is 6.53. The van der Waals surface area contributed by atoms with Crippen LogP contribution in [0.25, 0.3) is 11.0 Å². The molecule has 0 aliphatic rings. The van der Waals surface area contributed by atoms with Crippen molar-refractivity contribution in [3.63, 3.8) is 0 Å². The van der Waals surface area contributed by atoms with Crippen LogP contribution in [0.1, 0.15) is 0 Å². The lowest BCUT2D eigenvalue weighted by Gasteiger charge is -2.01. The molecular weight excluding hydrogens is 156 g/mol. The van der Waals surface area contributed by atoms with E-state index in [1.165, 1.54) is 13.4 Å². The highest BCUT2D eigenvalue weighted by molar-refractivity contribution is 5.83. The Bertz CT molecular complexity index is 408. The van der Waals surface area contributed by atoms with Crippen LogP contribution < -0.4 is 4.74 Å². The van der Waals surface area contributed by atoms with Gasteiger partial charge in [-0.25, -0.2) is 4.98 Å². The predicted octanol–water partition coefficient (Wildman–Crippen LogP) is 1.28. The molecule has 0 saturated heterocycles. The number of aromatic nitrogens is 2. The van der Waals surface area contributed by atoms with Crippen molar-refractivity contribution in [1.82, 2.24) is 9.97 Å². The maximum Gasteiger partial charge on any atom is 0.186 e. The smallest absolute Gasteiger partial charge is 0.186 e. The summed E-state index contributed by atoms with van der Waals surface area (Å²) in [7, 11) is 1.51. The average Bonchev–Trinajstić information content (AvgIpc) is 2.53. The molecule has 1 aromatic heterocycles. The van der Waals surface area contributed by atoms with Crippen molar-refractivity contribution in [2.45, 2.75) is 0 Å². The fraction of sp³-hybridized carbons (Fsp3) is 0.125. The van der Waals surface area contributed by atoms with Gasteiger partial charge < -0.3 is 14.8 Å². The highest BCUT2D eigenvalue weighted by Crippen LogP contribution is 2.31. The number of hydrogen-bond donors (Lipinski definition) is 2. The van der Waals surface area contributed by atoms with Crippen LogP contribution in [0.3, 0.4) is 0 Å². The number of rotatable bonds is 1. The normalized spacial score (nSPS) is 10.4. The maximum absolute atomic E-state index is 9.53. The second-order valence-electron chi connectivity index (χ2n) is 2.42. The zero-order valence-corrected chi connectivity index (χ0v) is 6.53. The van der Waals surface area contributed by atoms with Gasteiger partial charge >= 0.3 is 0 Å². The van der Waals surface area contributed by atoms with Crippen molar-refractivity contribution in [2.24, 2.45) is 0 Å². The number of fused-ring (bicyclic) bond motifs is 1. The van der Waals surface area contributed by atoms with Gasteiger partial charge in [0.05, 0.1) is 19.0 Å². The quantitative estimate of drug-likeness (QED) is 0.667. The number of imidazole rings is 1. The fourth-order valence-electron chi connectivity index (χ4n) is 1.14. The number of aromatic amines is 1. The van der Waals surface area contributed by atoms with Crippen LogP contribution in [0.2, 0.25) is 0 Å². The first-order valence-electron chi connectivity index (χ1n) is 3.52. The first-order chi connectivity index (χ1) is 5.83. The number of H-pyrrole nitrogens is 1. The Labute approximate surface area is 68.8 Å². The number of nitrogens with zero attached hydrogens (tertiary/aromatic N) is 1. The summed E-state index contributed by atoms with van der Waals surface area (Å²) in [6.45, 7) is 0. The van der Waals surface area contributed by atoms with E-state index in [1.54, 1.807) is 12.1 Å². The van der Waals surface area contributed by atoms with Crippen molar-refractivity contribution in [2.75, 3.05) is 7.11 Å². The minimum atomic E-state index is 0.0799. The first-order valence-corrected chi connectivity index (χ1v) is 3.52. The molecular formula is C8H8N2O2. The largest absolute Gasteiger partial charge is 0.503 e. The van der Waals surface area contributed by atoms with E-state index in [2.05, 4.69) is 9.97 Å². The van der Waals surface area contributed by atoms with E-state index in [0.29, 0.717) is 11.3 Å². The van der Waals surface area contributed by atoms with Crippen LogP contribution in [0.15, 0.2) is 18.5 Å². The van der Waals surface area contributed by atoms with Gasteiger partial charge in [0.2, 0.25) is 0 Å². The lowest BCUT2D eigenvalue weighted by Crippen LogP contribution is -1.83. The zero-order chi connectivity index (χ0) is 8.55. The molecule has 0 spiro atoms. The molecule has 0 amide bonds. The van der Waals surface area contributed by atoms with Crippen LogP contribution in [0, 0.1) is 0 Å². The van der Waals surface area contributed by atoms with E-state index < -0.39 is 0 Å². The van der Waals surface area contributed by atoms with Gasteiger partial charge in [0, 0.05) is 0 Å². The monoisotopic (exact) mass is 164 g/mol. The van der Waals surface area contributed by atoms with E-state index in [4.69, 9.17) is 4.74 Å². The summed E-state index contributed by atoms with van der Waals surface area (Å²) >= 11 is 0. The molecule has 2 N–H and O–H groups in total. The van der Waals surface area contributed by atoms with Crippen molar-refractivity contribution in [3.05, 3.63) is 18.5 Å². The van der Waals surface area contributed by atoms with E-state index in [1.807, 2.05) is 0 Å². The van der Waals surface area contributed by atoms with Crippen LogP contribution in [0.4, 0.5) is 0 Å². The fourth-order valence-corrected chi connectivity index (χ4v) is 1.14.